The average Bonchev–Trinajstić information content (AvgIpc) is 3.24. The quantitative estimate of drug-likeness (QED) is 0.0784. The summed E-state index contributed by atoms with van der Waals surface area (Å²) >= 11 is 8.65. The van der Waals surface area contributed by atoms with Gasteiger partial charge in [0, 0.05) is 63.2 Å². The summed E-state index contributed by atoms with van der Waals surface area (Å²) in [6.07, 6.45) is 0. The first-order valence-electron chi connectivity index (χ1n) is 18.3. The number of rotatable bonds is 5. The first-order valence-corrected chi connectivity index (χ1v) is 20.3. The number of hydrogen-bond donors (Lipinski definition) is 1. The van der Waals surface area contributed by atoms with Crippen molar-refractivity contribution in [2.45, 2.75) is 26.7 Å². The Balaban J connectivity index is 0.000000133. The smallest absolute Gasteiger partial charge is 0.340 e. The molecule has 292 valence electrons. The van der Waals surface area contributed by atoms with Crippen LogP contribution in [0.15, 0.2) is 129 Å². The van der Waals surface area contributed by atoms with Crippen molar-refractivity contribution >= 4 is 103 Å². The zero-order valence-electron chi connectivity index (χ0n) is 32.3. The number of hydrogen-bond acceptors (Lipinski definition) is 11. The minimum absolute atomic E-state index is 0.0375. The summed E-state index contributed by atoms with van der Waals surface area (Å²) in [4.78, 5) is 36.6. The monoisotopic (exact) mass is 826 g/mol. The minimum atomic E-state index is -0.663. The molecular weight excluding hydrogens is 789 g/mol. The maximum Gasteiger partial charge on any atom is 0.340 e. The number of ether oxygens (including phenoxy) is 3. The molecule has 3 heterocycles. The third-order valence-corrected chi connectivity index (χ3v) is 12.3. The molecule has 0 radical (unpaired) electrons. The van der Waals surface area contributed by atoms with Gasteiger partial charge in [-0.2, -0.15) is 0 Å². The fourth-order valence-corrected chi connectivity index (χ4v) is 8.96. The van der Waals surface area contributed by atoms with E-state index in [4.69, 9.17) is 31.2 Å². The molecule has 0 aliphatic rings. The van der Waals surface area contributed by atoms with Crippen molar-refractivity contribution in [3.8, 4) is 11.5 Å². The number of carbonyl (C=O) groups is 1. The maximum atomic E-state index is 12.5. The average molecular weight is 827 g/mol. The Labute approximate surface area is 346 Å². The van der Waals surface area contributed by atoms with E-state index in [1.165, 1.54) is 23.0 Å². The molecule has 0 saturated carbocycles. The second kappa shape index (κ2) is 17.3. The molecule has 9 rings (SSSR count). The molecule has 0 saturated heterocycles. The van der Waals surface area contributed by atoms with E-state index in [9.17, 15) is 14.4 Å². The summed E-state index contributed by atoms with van der Waals surface area (Å²) < 4.78 is 25.4. The molecule has 0 fully saturated rings. The fraction of sp³-hybridized carbons (Fsp3) is 0.149. The Bertz CT molecular complexity index is 3130. The third kappa shape index (κ3) is 8.21. The van der Waals surface area contributed by atoms with Crippen LogP contribution in [0.4, 0.5) is 0 Å². The summed E-state index contributed by atoms with van der Waals surface area (Å²) in [6, 6.07) is 35.9. The molecule has 0 unspecified atom stereocenters. The van der Waals surface area contributed by atoms with Crippen molar-refractivity contribution in [1.29, 1.82) is 0 Å². The predicted molar refractivity (Wildman–Crippen MR) is 240 cm³/mol. The Morgan fingerprint density at radius 1 is 0.655 bits per heavy atom. The number of aryl methyl sites for hydroxylation is 1. The van der Waals surface area contributed by atoms with Gasteiger partial charge in [-0.3, -0.25) is 9.59 Å². The minimum Gasteiger partial charge on any atom is -0.497 e. The Hall–Kier alpha value is -5.98. The molecule has 6 aromatic carbocycles. The van der Waals surface area contributed by atoms with E-state index in [2.05, 4.69) is 30.7 Å². The van der Waals surface area contributed by atoms with Gasteiger partial charge in [0.15, 0.2) is 17.7 Å². The van der Waals surface area contributed by atoms with Crippen molar-refractivity contribution in [3.63, 3.8) is 0 Å². The van der Waals surface area contributed by atoms with Gasteiger partial charge in [0.05, 0.1) is 24.3 Å². The van der Waals surface area contributed by atoms with Gasteiger partial charge in [-0.15, -0.1) is 22.7 Å². The first-order chi connectivity index (χ1) is 28.0. The first kappa shape index (κ1) is 40.2. The molecule has 0 aliphatic carbocycles. The van der Waals surface area contributed by atoms with Crippen molar-refractivity contribution in [1.82, 2.24) is 0 Å². The van der Waals surface area contributed by atoms with Gasteiger partial charge in [0.2, 0.25) is 0 Å². The number of aliphatic hydroxyl groups excluding tert-OH is 1. The van der Waals surface area contributed by atoms with Crippen LogP contribution in [0, 0.1) is 11.4 Å². The molecule has 3 aromatic heterocycles. The summed E-state index contributed by atoms with van der Waals surface area (Å²) in [5.74, 6) is 1.33. The van der Waals surface area contributed by atoms with E-state index in [-0.39, 0.29) is 10.9 Å². The lowest BCUT2D eigenvalue weighted by Crippen LogP contribution is -2.07. The van der Waals surface area contributed by atoms with E-state index in [0.29, 0.717) is 33.4 Å². The van der Waals surface area contributed by atoms with Gasteiger partial charge in [0.1, 0.15) is 22.7 Å². The standard InChI is InChI=1S/C16H12O4S.C16H14OS.C15H12O3S/c1-9-2-5-13-12(6-9)15(18)11-4-3-10(7-14(11)21-13)16(19)20-8-17;1-10(2)11-7-8-15-13(9-11)16(17)12-5-3-4-6-14(12)18-15;1-16-9-3-5-11-13(7-9)18-14-8-10(17-2)4-6-12(14)15(11)19/h2-7,17H,8H2,1H3;3-10H,1-2H3;3-8H,1-2H3. The summed E-state index contributed by atoms with van der Waals surface area (Å²) in [6.45, 7) is 5.58. The molecule has 0 bridgehead atoms. The highest BCUT2D eigenvalue weighted by Crippen LogP contribution is 2.31. The van der Waals surface area contributed by atoms with Crippen LogP contribution in [-0.4, -0.2) is 32.1 Å². The van der Waals surface area contributed by atoms with Crippen LogP contribution < -0.4 is 20.3 Å². The number of aliphatic hydroxyl groups is 1. The molecule has 0 spiro atoms. The van der Waals surface area contributed by atoms with Crippen LogP contribution in [-0.2, 0) is 4.74 Å². The summed E-state index contributed by atoms with van der Waals surface area (Å²) in [7, 11) is 3.25. The zero-order valence-corrected chi connectivity index (χ0v) is 34.7. The summed E-state index contributed by atoms with van der Waals surface area (Å²) in [5, 5.41) is 13.4. The Morgan fingerprint density at radius 2 is 1.21 bits per heavy atom. The zero-order chi connectivity index (χ0) is 41.1. The topological polar surface area (TPSA) is 112 Å². The normalized spacial score (nSPS) is 11.1. The van der Waals surface area contributed by atoms with Gasteiger partial charge < -0.3 is 23.7 Å². The van der Waals surface area contributed by atoms with Gasteiger partial charge in [-0.1, -0.05) is 55.9 Å². The molecule has 0 amide bonds. The number of carbonyl (C=O) groups excluding carboxylic acids is 1. The van der Waals surface area contributed by atoms with E-state index < -0.39 is 12.8 Å². The van der Waals surface area contributed by atoms with Gasteiger partial charge >= 0.3 is 5.97 Å². The summed E-state index contributed by atoms with van der Waals surface area (Å²) in [5.41, 5.74) is 4.12. The lowest BCUT2D eigenvalue weighted by Gasteiger charge is -2.07. The van der Waals surface area contributed by atoms with Crippen LogP contribution in [0.2, 0.25) is 0 Å². The van der Waals surface area contributed by atoms with Crippen LogP contribution >= 0.6 is 34.9 Å². The number of methoxy groups -OCH3 is 2. The lowest BCUT2D eigenvalue weighted by atomic mass is 10.0. The molecule has 0 atom stereocenters. The van der Waals surface area contributed by atoms with E-state index in [1.807, 2.05) is 91.9 Å². The fourth-order valence-electron chi connectivity index (χ4n) is 6.48. The Morgan fingerprint density at radius 3 is 1.83 bits per heavy atom. The van der Waals surface area contributed by atoms with E-state index in [1.54, 1.807) is 37.7 Å². The van der Waals surface area contributed by atoms with Gasteiger partial charge in [-0.05, 0) is 97.3 Å². The molecular formula is C47H38O8S3. The van der Waals surface area contributed by atoms with Crippen molar-refractivity contribution in [2.75, 3.05) is 21.0 Å². The van der Waals surface area contributed by atoms with Gasteiger partial charge in [-0.25, -0.2) is 4.79 Å². The largest absolute Gasteiger partial charge is 0.497 e. The van der Waals surface area contributed by atoms with Crippen molar-refractivity contribution in [3.05, 3.63) is 157 Å². The van der Waals surface area contributed by atoms with Crippen molar-refractivity contribution in [2.24, 2.45) is 0 Å². The molecule has 1 N–H and O–H groups in total. The molecule has 9 aromatic rings. The second-order valence-electron chi connectivity index (χ2n) is 13.7. The van der Waals surface area contributed by atoms with Crippen LogP contribution in [0.25, 0.3) is 62.3 Å². The highest BCUT2D eigenvalue weighted by Gasteiger charge is 2.12. The Kier molecular flexibility index (Phi) is 12.0. The van der Waals surface area contributed by atoms with Crippen LogP contribution in [0.1, 0.15) is 41.3 Å². The molecule has 58 heavy (non-hydrogen) atoms. The number of esters is 1. The van der Waals surface area contributed by atoms with Gasteiger partial charge in [0.25, 0.3) is 0 Å². The SMILES string of the molecule is CC(C)c1ccc2sc3ccccc3c(=O)c2c1.COc1ccc2c(=S)c3ccc(OC)cc3oc2c1.Cc1ccc2sc3cc(C(=O)OCO)ccc3c(=O)c2c1. The molecule has 0 aliphatic heterocycles. The van der Waals surface area contributed by atoms with E-state index in [0.717, 1.165) is 61.9 Å². The van der Waals surface area contributed by atoms with Crippen LogP contribution in [0.3, 0.4) is 0 Å². The maximum absolute atomic E-state index is 12.5. The number of benzene rings is 6. The van der Waals surface area contributed by atoms with Crippen molar-refractivity contribution < 1.29 is 28.5 Å². The third-order valence-electron chi connectivity index (χ3n) is 9.61. The molecule has 8 nitrogen and oxygen atoms in total. The number of fused-ring (bicyclic) bond motifs is 6. The highest BCUT2D eigenvalue weighted by atomic mass is 32.1. The van der Waals surface area contributed by atoms with E-state index >= 15 is 0 Å². The second-order valence-corrected chi connectivity index (χ2v) is 16.3. The molecule has 11 heteroatoms. The highest BCUT2D eigenvalue weighted by molar-refractivity contribution is 7.72. The lowest BCUT2D eigenvalue weighted by molar-refractivity contribution is 0.00685. The van der Waals surface area contributed by atoms with Crippen LogP contribution in [0.5, 0.6) is 11.5 Å². The predicted octanol–water partition coefficient (Wildman–Crippen LogP) is 11.7.